The maximum Gasteiger partial charge on any atom is 0.0974 e. The van der Waals surface area contributed by atoms with Crippen LogP contribution in [0.5, 0.6) is 0 Å². The van der Waals surface area contributed by atoms with E-state index in [-0.39, 0.29) is 0 Å². The Bertz CT molecular complexity index is 315. The average Bonchev–Trinajstić information content (AvgIpc) is 3.13. The van der Waals surface area contributed by atoms with E-state index in [1.54, 1.807) is 6.92 Å². The minimum absolute atomic E-state index is 0.441. The summed E-state index contributed by atoms with van der Waals surface area (Å²) in [5.74, 6) is 0.934. The topological polar surface area (TPSA) is 12.0 Å². The lowest BCUT2D eigenvalue weighted by atomic mass is 9.72. The Morgan fingerprint density at radius 1 is 1.20 bits per heavy atom. The second kappa shape index (κ2) is 6.12. The molecule has 1 unspecified atom stereocenters. The van der Waals surface area contributed by atoms with E-state index in [0.717, 1.165) is 18.8 Å². The zero-order chi connectivity index (χ0) is 14.2. The van der Waals surface area contributed by atoms with Crippen LogP contribution in [-0.2, 0) is 0 Å². The van der Waals surface area contributed by atoms with E-state index in [9.17, 15) is 4.39 Å². The van der Waals surface area contributed by atoms with Crippen LogP contribution in [0, 0.1) is 11.3 Å². The fraction of sp³-hybridized carbons (Fsp3) is 1.00. The van der Waals surface area contributed by atoms with Gasteiger partial charge in [0.25, 0.3) is 0 Å². The molecule has 116 valence electrons. The molecule has 3 rings (SSSR count). The van der Waals surface area contributed by atoms with Crippen molar-refractivity contribution in [1.29, 1.82) is 0 Å². The third-order valence-electron chi connectivity index (χ3n) is 6.02. The fourth-order valence-corrected chi connectivity index (χ4v) is 4.77. The molecule has 1 N–H and O–H groups in total. The highest BCUT2D eigenvalue weighted by Crippen LogP contribution is 2.60. The molecule has 2 aliphatic carbocycles. The highest BCUT2D eigenvalue weighted by molar-refractivity contribution is 6.20. The van der Waals surface area contributed by atoms with E-state index in [4.69, 9.17) is 11.6 Å². The summed E-state index contributed by atoms with van der Waals surface area (Å²) >= 11 is 6.23. The second-order valence-corrected chi connectivity index (χ2v) is 8.29. The summed E-state index contributed by atoms with van der Waals surface area (Å²) in [6.07, 6.45) is 11.8. The summed E-state index contributed by atoms with van der Waals surface area (Å²) in [6, 6.07) is 1.30. The molecule has 0 aromatic carbocycles. The van der Waals surface area contributed by atoms with Crippen LogP contribution >= 0.6 is 11.6 Å². The number of hydrogen-bond acceptors (Lipinski definition) is 1. The molecule has 1 nitrogen and oxygen atoms in total. The summed E-state index contributed by atoms with van der Waals surface area (Å²) in [6.45, 7) is 1.67. The van der Waals surface area contributed by atoms with Crippen molar-refractivity contribution >= 4 is 11.6 Å². The average molecular weight is 302 g/mol. The van der Waals surface area contributed by atoms with Crippen LogP contribution in [0.25, 0.3) is 0 Å². The minimum Gasteiger partial charge on any atom is -0.311 e. The maximum absolute atomic E-state index is 12.8. The molecule has 0 radical (unpaired) electrons. The molecule has 0 bridgehead atoms. The lowest BCUT2D eigenvalue weighted by molar-refractivity contribution is 0.143. The second-order valence-electron chi connectivity index (χ2n) is 7.67. The lowest BCUT2D eigenvalue weighted by Crippen LogP contribution is -2.53. The molecule has 0 aromatic rings. The first kappa shape index (κ1) is 15.1. The lowest BCUT2D eigenvalue weighted by Gasteiger charge is -2.42. The fourth-order valence-electron chi connectivity index (χ4n) is 4.52. The monoisotopic (exact) mass is 301 g/mol. The summed E-state index contributed by atoms with van der Waals surface area (Å²) in [5.41, 5.74) is 0.660. The van der Waals surface area contributed by atoms with Crippen LogP contribution in [0.3, 0.4) is 0 Å². The van der Waals surface area contributed by atoms with Crippen LogP contribution in [0.15, 0.2) is 0 Å². The van der Waals surface area contributed by atoms with Crippen molar-refractivity contribution < 1.29 is 4.39 Å². The predicted molar refractivity (Wildman–Crippen MR) is 83.0 cm³/mol. The summed E-state index contributed by atoms with van der Waals surface area (Å²) in [7, 11) is 0. The number of nitrogens with one attached hydrogen (secondary N) is 1. The Balaban J connectivity index is 1.39. The third kappa shape index (κ3) is 3.50. The molecule has 20 heavy (non-hydrogen) atoms. The maximum atomic E-state index is 12.8. The number of alkyl halides is 2. The van der Waals surface area contributed by atoms with Crippen LogP contribution in [0.2, 0.25) is 0 Å². The highest BCUT2D eigenvalue weighted by Gasteiger charge is 2.51. The summed E-state index contributed by atoms with van der Waals surface area (Å²) in [4.78, 5) is 0. The molecular weight excluding hydrogens is 273 g/mol. The molecule has 0 amide bonds. The predicted octanol–water partition coefficient (Wildman–Crippen LogP) is 4.82. The van der Waals surface area contributed by atoms with E-state index in [0.29, 0.717) is 22.9 Å². The van der Waals surface area contributed by atoms with Gasteiger partial charge in [-0.25, -0.2) is 4.39 Å². The van der Waals surface area contributed by atoms with E-state index in [2.05, 4.69) is 5.32 Å². The highest BCUT2D eigenvalue weighted by atomic mass is 35.5. The first-order valence-electron chi connectivity index (χ1n) is 8.61. The molecule has 1 heterocycles. The van der Waals surface area contributed by atoms with Gasteiger partial charge in [-0.15, -0.1) is 11.6 Å². The zero-order valence-corrected chi connectivity index (χ0v) is 13.5. The molecular formula is C17H29ClFN. The SMILES string of the molecule is CC(F)CC[C@@H]1C[C@H](CC2(C3CCC(Cl)CC3)CC2)N1. The smallest absolute Gasteiger partial charge is 0.0974 e. The van der Waals surface area contributed by atoms with Crippen molar-refractivity contribution in [2.75, 3.05) is 0 Å². The van der Waals surface area contributed by atoms with Gasteiger partial charge in [0, 0.05) is 17.5 Å². The van der Waals surface area contributed by atoms with E-state index < -0.39 is 6.17 Å². The van der Waals surface area contributed by atoms with Gasteiger partial charge in [-0.3, -0.25) is 0 Å². The van der Waals surface area contributed by atoms with E-state index in [1.165, 1.54) is 51.4 Å². The quantitative estimate of drug-likeness (QED) is 0.693. The van der Waals surface area contributed by atoms with Gasteiger partial charge in [0.2, 0.25) is 0 Å². The van der Waals surface area contributed by atoms with Gasteiger partial charge in [0.05, 0.1) is 6.17 Å². The Morgan fingerprint density at radius 3 is 2.40 bits per heavy atom. The summed E-state index contributed by atoms with van der Waals surface area (Å²) < 4.78 is 12.8. The minimum atomic E-state index is -0.642. The largest absolute Gasteiger partial charge is 0.311 e. The van der Waals surface area contributed by atoms with Crippen LogP contribution in [0.4, 0.5) is 4.39 Å². The van der Waals surface area contributed by atoms with Gasteiger partial charge < -0.3 is 5.32 Å². The molecule has 2 saturated carbocycles. The van der Waals surface area contributed by atoms with Crippen molar-refractivity contribution in [1.82, 2.24) is 5.32 Å². The van der Waals surface area contributed by atoms with Gasteiger partial charge in [-0.1, -0.05) is 0 Å². The first-order chi connectivity index (χ1) is 9.57. The van der Waals surface area contributed by atoms with Crippen molar-refractivity contribution in [3.05, 3.63) is 0 Å². The third-order valence-corrected chi connectivity index (χ3v) is 6.46. The van der Waals surface area contributed by atoms with Gasteiger partial charge >= 0.3 is 0 Å². The molecule has 1 aliphatic heterocycles. The number of halogens is 2. The number of rotatable bonds is 6. The van der Waals surface area contributed by atoms with Crippen molar-refractivity contribution in [3.8, 4) is 0 Å². The Hall–Kier alpha value is 0.180. The van der Waals surface area contributed by atoms with Crippen LogP contribution in [-0.4, -0.2) is 23.6 Å². The molecule has 3 atom stereocenters. The van der Waals surface area contributed by atoms with Crippen molar-refractivity contribution in [2.24, 2.45) is 11.3 Å². The Labute approximate surface area is 128 Å². The van der Waals surface area contributed by atoms with E-state index in [1.807, 2.05) is 0 Å². The molecule has 3 fully saturated rings. The zero-order valence-electron chi connectivity index (χ0n) is 12.7. The summed E-state index contributed by atoms with van der Waals surface area (Å²) in [5, 5.41) is 4.13. The van der Waals surface area contributed by atoms with Gasteiger partial charge in [0.15, 0.2) is 0 Å². The van der Waals surface area contributed by atoms with Gasteiger partial charge in [-0.2, -0.15) is 0 Å². The molecule has 0 aromatic heterocycles. The van der Waals surface area contributed by atoms with E-state index >= 15 is 0 Å². The van der Waals surface area contributed by atoms with Crippen LogP contribution < -0.4 is 5.32 Å². The van der Waals surface area contributed by atoms with Crippen molar-refractivity contribution in [3.63, 3.8) is 0 Å². The van der Waals surface area contributed by atoms with Gasteiger partial charge in [0.1, 0.15) is 0 Å². The van der Waals surface area contributed by atoms with Crippen LogP contribution in [0.1, 0.15) is 71.1 Å². The normalized spacial score (nSPS) is 41.0. The number of hydrogen-bond donors (Lipinski definition) is 1. The molecule has 1 saturated heterocycles. The Morgan fingerprint density at radius 2 is 1.85 bits per heavy atom. The van der Waals surface area contributed by atoms with Gasteiger partial charge in [-0.05, 0) is 82.5 Å². The van der Waals surface area contributed by atoms with Crippen molar-refractivity contribution in [2.45, 2.75) is 94.8 Å². The molecule has 0 spiro atoms. The molecule has 3 heteroatoms. The Kier molecular flexibility index (Phi) is 4.62. The first-order valence-corrected chi connectivity index (χ1v) is 9.05. The molecule has 3 aliphatic rings. The standard InChI is InChI=1S/C17H29ClFN/c1-12(19)2-7-15-10-16(20-15)11-17(8-9-17)13-3-5-14(18)6-4-13/h12-16,20H,2-11H2,1H3/t12?,13?,14?,15-,16-/m1/s1.